The Morgan fingerprint density at radius 1 is 0.868 bits per heavy atom. The number of aliphatic carboxylic acids is 2. The van der Waals surface area contributed by atoms with Gasteiger partial charge in [0.25, 0.3) is 0 Å². The van der Waals surface area contributed by atoms with Crippen molar-refractivity contribution >= 4 is 23.5 Å². The van der Waals surface area contributed by atoms with E-state index < -0.39 is 24.5 Å². The number of rotatable bonds is 8. The number of hydrogen-bond donors (Lipinski definition) is 2. The van der Waals surface area contributed by atoms with Gasteiger partial charge in [0.15, 0.2) is 29.7 Å². The lowest BCUT2D eigenvalue weighted by Gasteiger charge is -2.48. The van der Waals surface area contributed by atoms with Gasteiger partial charge in [-0.25, -0.2) is 4.79 Å². The number of ether oxygens (including phenoxy) is 2. The maximum absolute atomic E-state index is 13.7. The summed E-state index contributed by atoms with van der Waals surface area (Å²) in [5, 5.41) is 18.9. The summed E-state index contributed by atoms with van der Waals surface area (Å²) >= 11 is 0. The summed E-state index contributed by atoms with van der Waals surface area (Å²) in [5.41, 5.74) is 2.15. The molecule has 1 aromatic rings. The molecule has 0 bridgehead atoms. The van der Waals surface area contributed by atoms with Gasteiger partial charge in [-0.1, -0.05) is 33.8 Å². The number of nitrogens with zero attached hydrogens (tertiary/aromatic N) is 1. The first-order chi connectivity index (χ1) is 17.7. The van der Waals surface area contributed by atoms with Crippen LogP contribution in [0, 0.1) is 10.8 Å². The van der Waals surface area contributed by atoms with Gasteiger partial charge in [-0.05, 0) is 48.3 Å². The number of carbonyl (C=O) groups is 4. The van der Waals surface area contributed by atoms with Crippen LogP contribution in [0.3, 0.4) is 0 Å². The highest BCUT2D eigenvalue weighted by Crippen LogP contribution is 2.54. The highest BCUT2D eigenvalue weighted by atomic mass is 16.5. The molecule has 0 fully saturated rings. The zero-order valence-electron chi connectivity index (χ0n) is 22.6. The van der Waals surface area contributed by atoms with Gasteiger partial charge in [0.1, 0.15) is 6.54 Å². The molecule has 1 aromatic carbocycles. The third-order valence-corrected chi connectivity index (χ3v) is 7.27. The van der Waals surface area contributed by atoms with Gasteiger partial charge < -0.3 is 24.6 Å². The van der Waals surface area contributed by atoms with Crippen LogP contribution in [-0.4, -0.2) is 58.4 Å². The first-order valence-corrected chi connectivity index (χ1v) is 12.9. The highest BCUT2D eigenvalue weighted by Gasteiger charge is 2.49. The van der Waals surface area contributed by atoms with Gasteiger partial charge >= 0.3 is 11.9 Å². The molecule has 2 N–H and O–H groups in total. The summed E-state index contributed by atoms with van der Waals surface area (Å²) in [7, 11) is 0. The van der Waals surface area contributed by atoms with E-state index in [1.165, 1.54) is 0 Å². The topological polar surface area (TPSA) is 130 Å². The highest BCUT2D eigenvalue weighted by molar-refractivity contribution is 6.07. The predicted molar refractivity (Wildman–Crippen MR) is 138 cm³/mol. The predicted octanol–water partition coefficient (Wildman–Crippen LogP) is 4.32. The molecule has 1 heterocycles. The second kappa shape index (κ2) is 9.93. The summed E-state index contributed by atoms with van der Waals surface area (Å²) in [6.07, 6.45) is 1.57. The quantitative estimate of drug-likeness (QED) is 0.509. The van der Waals surface area contributed by atoms with E-state index >= 15 is 0 Å². The van der Waals surface area contributed by atoms with E-state index in [1.54, 1.807) is 30.0 Å². The van der Waals surface area contributed by atoms with E-state index in [4.69, 9.17) is 14.6 Å². The van der Waals surface area contributed by atoms with Gasteiger partial charge in [0.2, 0.25) is 0 Å². The summed E-state index contributed by atoms with van der Waals surface area (Å²) < 4.78 is 11.2. The first kappa shape index (κ1) is 27.4. The fourth-order valence-corrected chi connectivity index (χ4v) is 5.94. The third kappa shape index (κ3) is 5.33. The molecule has 9 heteroatoms. The maximum Gasteiger partial charge on any atom is 0.341 e. The van der Waals surface area contributed by atoms with Crippen molar-refractivity contribution in [1.29, 1.82) is 0 Å². The van der Waals surface area contributed by atoms with Gasteiger partial charge in [0.05, 0.1) is 6.61 Å². The normalized spacial score (nSPS) is 20.7. The molecule has 1 aliphatic heterocycles. The van der Waals surface area contributed by atoms with Crippen molar-refractivity contribution in [3.05, 3.63) is 46.3 Å². The van der Waals surface area contributed by atoms with Crippen LogP contribution in [0.1, 0.15) is 71.8 Å². The average Bonchev–Trinajstić information content (AvgIpc) is 2.77. The Morgan fingerprint density at radius 2 is 1.42 bits per heavy atom. The Labute approximate surface area is 222 Å². The van der Waals surface area contributed by atoms with E-state index in [9.17, 15) is 24.3 Å². The monoisotopic (exact) mass is 525 g/mol. The molecule has 4 rings (SSSR count). The Morgan fingerprint density at radius 3 is 1.89 bits per heavy atom. The van der Waals surface area contributed by atoms with Crippen LogP contribution in [0.4, 0.5) is 0 Å². The van der Waals surface area contributed by atoms with E-state index in [0.29, 0.717) is 53.3 Å². The lowest BCUT2D eigenvalue weighted by atomic mass is 9.63. The van der Waals surface area contributed by atoms with Gasteiger partial charge in [-0.2, -0.15) is 0 Å². The summed E-state index contributed by atoms with van der Waals surface area (Å²) in [4.78, 5) is 52.2. The minimum absolute atomic E-state index is 0.106. The lowest BCUT2D eigenvalue weighted by molar-refractivity contribution is -0.139. The molecule has 2 aliphatic carbocycles. The average molecular weight is 526 g/mol. The lowest BCUT2D eigenvalue weighted by Crippen LogP contribution is -2.45. The second-order valence-corrected chi connectivity index (χ2v) is 11.8. The summed E-state index contributed by atoms with van der Waals surface area (Å²) in [6.45, 7) is 9.18. The van der Waals surface area contributed by atoms with Gasteiger partial charge in [-0.3, -0.25) is 14.4 Å². The van der Waals surface area contributed by atoms with E-state index in [-0.39, 0.29) is 47.5 Å². The number of Topliss-reactive ketones (excluding diaryl/α,β-unsaturated/α-hetero) is 2. The number of hydrogen-bond acceptors (Lipinski definition) is 7. The molecule has 9 nitrogen and oxygen atoms in total. The zero-order chi connectivity index (χ0) is 28.0. The Hall–Kier alpha value is -3.62. The number of ketones is 2. The molecule has 204 valence electrons. The number of carboxylic acids is 2. The van der Waals surface area contributed by atoms with Crippen LogP contribution in [0.5, 0.6) is 11.5 Å². The number of allylic oxidation sites excluding steroid dienone is 4. The van der Waals surface area contributed by atoms with Crippen molar-refractivity contribution in [1.82, 2.24) is 4.90 Å². The van der Waals surface area contributed by atoms with Crippen LogP contribution in [0.2, 0.25) is 0 Å². The van der Waals surface area contributed by atoms with Crippen molar-refractivity contribution in [3.63, 3.8) is 0 Å². The van der Waals surface area contributed by atoms with Gasteiger partial charge in [0, 0.05) is 41.3 Å². The summed E-state index contributed by atoms with van der Waals surface area (Å²) in [5.74, 6) is -2.49. The number of benzene rings is 1. The van der Waals surface area contributed by atoms with Crippen LogP contribution < -0.4 is 9.47 Å². The Bertz CT molecular complexity index is 1220. The number of carboxylic acid groups (broad SMARTS) is 2. The minimum atomic E-state index is -1.13. The molecule has 0 unspecified atom stereocenters. The standard InChI is InChI=1S/C29H35NO8/c1-6-37-22-9-16(7-8-21(22)38-15-24(35)36)25-26-17(10-28(2,3)12-19(26)31)30(14-23(33)34)18-11-29(4,5)13-20(32)27(18)25/h7-9,25H,6,10-15H2,1-5H3,(H,33,34)(H,35,36). The fourth-order valence-electron chi connectivity index (χ4n) is 5.94. The molecular formula is C29H35NO8. The Kier molecular flexibility index (Phi) is 7.16. The number of carbonyl (C=O) groups excluding carboxylic acids is 2. The first-order valence-electron chi connectivity index (χ1n) is 12.9. The molecule has 0 amide bonds. The Balaban J connectivity index is 1.95. The third-order valence-electron chi connectivity index (χ3n) is 7.27. The summed E-state index contributed by atoms with van der Waals surface area (Å²) in [6, 6.07) is 5.03. The SMILES string of the molecule is CCOc1cc(C2C3=C(CC(C)(C)CC3=O)N(CC(=O)O)C3=C2C(=O)CC(C)(C)C3)ccc1OCC(=O)O. The minimum Gasteiger partial charge on any atom is -0.490 e. The van der Waals surface area contributed by atoms with E-state index in [0.717, 1.165) is 0 Å². The van der Waals surface area contributed by atoms with Crippen molar-refractivity contribution in [2.24, 2.45) is 10.8 Å². The molecule has 38 heavy (non-hydrogen) atoms. The van der Waals surface area contributed by atoms with Crippen LogP contribution in [0.15, 0.2) is 40.7 Å². The van der Waals surface area contributed by atoms with E-state index in [1.807, 2.05) is 27.7 Å². The van der Waals surface area contributed by atoms with Crippen LogP contribution >= 0.6 is 0 Å². The van der Waals surface area contributed by atoms with Gasteiger partial charge in [-0.15, -0.1) is 0 Å². The molecule has 0 aromatic heterocycles. The van der Waals surface area contributed by atoms with Crippen molar-refractivity contribution < 1.29 is 38.9 Å². The fraction of sp³-hybridized carbons (Fsp3) is 0.517. The van der Waals surface area contributed by atoms with E-state index in [2.05, 4.69) is 0 Å². The maximum atomic E-state index is 13.7. The van der Waals surface area contributed by atoms with Crippen LogP contribution in [-0.2, 0) is 19.2 Å². The molecule has 0 atom stereocenters. The molecule has 0 saturated carbocycles. The second-order valence-electron chi connectivity index (χ2n) is 11.8. The molecule has 0 radical (unpaired) electrons. The smallest absolute Gasteiger partial charge is 0.341 e. The molecule has 3 aliphatic rings. The zero-order valence-corrected chi connectivity index (χ0v) is 22.6. The van der Waals surface area contributed by atoms with Crippen molar-refractivity contribution in [3.8, 4) is 11.5 Å². The molecular weight excluding hydrogens is 490 g/mol. The van der Waals surface area contributed by atoms with Crippen molar-refractivity contribution in [2.75, 3.05) is 19.8 Å². The van der Waals surface area contributed by atoms with Crippen molar-refractivity contribution in [2.45, 2.75) is 66.2 Å². The van der Waals surface area contributed by atoms with Crippen LogP contribution in [0.25, 0.3) is 0 Å². The molecule has 0 saturated heterocycles. The largest absolute Gasteiger partial charge is 0.490 e. The molecule has 0 spiro atoms.